The number of hydrogen-bond acceptors (Lipinski definition) is 6. The number of alkyl halides is 3. The van der Waals surface area contributed by atoms with Gasteiger partial charge in [0.05, 0.1) is 24.1 Å². The highest BCUT2D eigenvalue weighted by Gasteiger charge is 2.46. The summed E-state index contributed by atoms with van der Waals surface area (Å²) in [5.74, 6) is 0.00909. The van der Waals surface area contributed by atoms with Crippen molar-refractivity contribution in [2.45, 2.75) is 32.2 Å². The molecular formula is C17H16F3N7O3. The van der Waals surface area contributed by atoms with Crippen molar-refractivity contribution in [3.8, 4) is 0 Å². The van der Waals surface area contributed by atoms with Crippen LogP contribution < -0.4 is 10.6 Å². The molecule has 1 atom stereocenters. The zero-order valence-corrected chi connectivity index (χ0v) is 15.6. The van der Waals surface area contributed by atoms with Crippen LogP contribution in [0.4, 0.5) is 18.0 Å². The number of aryl methyl sites for hydroxylation is 1. The predicted octanol–water partition coefficient (Wildman–Crippen LogP) is 1.64. The van der Waals surface area contributed by atoms with Crippen LogP contribution in [0.2, 0.25) is 0 Å². The first-order valence-corrected chi connectivity index (χ1v) is 8.88. The Morgan fingerprint density at radius 2 is 2.17 bits per heavy atom. The Bertz CT molecular complexity index is 1110. The van der Waals surface area contributed by atoms with Gasteiger partial charge in [-0.25, -0.2) is 14.4 Å². The van der Waals surface area contributed by atoms with Crippen LogP contribution in [0.1, 0.15) is 27.6 Å². The SMILES string of the molecule is Cc1nonc1C(=O)NCc1nc2ccc(CN3CC(C(F)(F)F)NC3=O)cc2[nH]1. The molecule has 3 aromatic rings. The number of aromatic amines is 1. The van der Waals surface area contributed by atoms with Gasteiger partial charge in [0.25, 0.3) is 5.91 Å². The van der Waals surface area contributed by atoms with Gasteiger partial charge in [-0.2, -0.15) is 13.2 Å². The number of nitrogens with zero attached hydrogens (tertiary/aromatic N) is 4. The van der Waals surface area contributed by atoms with E-state index in [9.17, 15) is 22.8 Å². The van der Waals surface area contributed by atoms with Crippen molar-refractivity contribution < 1.29 is 27.4 Å². The third-order valence-electron chi connectivity index (χ3n) is 4.64. The monoisotopic (exact) mass is 423 g/mol. The minimum Gasteiger partial charge on any atom is -0.343 e. The van der Waals surface area contributed by atoms with E-state index < -0.39 is 30.7 Å². The average Bonchev–Trinajstić information content (AvgIpc) is 3.38. The van der Waals surface area contributed by atoms with Gasteiger partial charge in [0.2, 0.25) is 0 Å². The summed E-state index contributed by atoms with van der Waals surface area (Å²) in [6.45, 7) is 1.26. The molecule has 13 heteroatoms. The molecular weight excluding hydrogens is 407 g/mol. The molecule has 30 heavy (non-hydrogen) atoms. The molecule has 1 saturated heterocycles. The van der Waals surface area contributed by atoms with Crippen molar-refractivity contribution in [3.63, 3.8) is 0 Å². The summed E-state index contributed by atoms with van der Waals surface area (Å²) in [6.07, 6.45) is -4.49. The number of hydrogen-bond donors (Lipinski definition) is 3. The number of H-pyrrole nitrogens is 1. The lowest BCUT2D eigenvalue weighted by molar-refractivity contribution is -0.149. The Labute approximate surface area is 166 Å². The van der Waals surface area contributed by atoms with Gasteiger partial charge < -0.3 is 20.5 Å². The van der Waals surface area contributed by atoms with Crippen LogP contribution in [-0.4, -0.2) is 55.9 Å². The standard InChI is InChI=1S/C17H16F3N7O3/c1-8-14(26-30-25-8)15(28)21-5-13-22-10-3-2-9(4-11(10)23-13)6-27-7-12(17(18,19)20)24-16(27)29/h2-4,12H,5-7H2,1H3,(H,21,28)(H,22,23)(H,24,29). The van der Waals surface area contributed by atoms with Gasteiger partial charge >= 0.3 is 12.2 Å². The Morgan fingerprint density at radius 1 is 1.37 bits per heavy atom. The van der Waals surface area contributed by atoms with E-state index in [0.717, 1.165) is 4.90 Å². The number of fused-ring (bicyclic) bond motifs is 1. The number of imidazole rings is 1. The third kappa shape index (κ3) is 3.90. The van der Waals surface area contributed by atoms with Crippen molar-refractivity contribution >= 4 is 23.0 Å². The van der Waals surface area contributed by atoms with Crippen LogP contribution in [0.15, 0.2) is 22.8 Å². The summed E-state index contributed by atoms with van der Waals surface area (Å²) < 4.78 is 42.9. The molecule has 0 bridgehead atoms. The van der Waals surface area contributed by atoms with Gasteiger partial charge in [-0.3, -0.25) is 4.79 Å². The fourth-order valence-electron chi connectivity index (χ4n) is 3.11. The van der Waals surface area contributed by atoms with Gasteiger partial charge in [0.1, 0.15) is 17.6 Å². The molecule has 1 aliphatic heterocycles. The number of aromatic nitrogens is 4. The lowest BCUT2D eigenvalue weighted by atomic mass is 10.2. The molecule has 0 aliphatic carbocycles. The first-order chi connectivity index (χ1) is 14.2. The first kappa shape index (κ1) is 19.7. The molecule has 158 valence electrons. The van der Waals surface area contributed by atoms with Crippen molar-refractivity contribution in [2.75, 3.05) is 6.54 Å². The molecule has 3 amide bonds. The van der Waals surface area contributed by atoms with Crippen LogP contribution in [0.3, 0.4) is 0 Å². The molecule has 1 fully saturated rings. The van der Waals surface area contributed by atoms with Gasteiger partial charge in [0.15, 0.2) is 5.69 Å². The van der Waals surface area contributed by atoms with E-state index in [1.54, 1.807) is 25.1 Å². The fourth-order valence-corrected chi connectivity index (χ4v) is 3.11. The lowest BCUT2D eigenvalue weighted by Crippen LogP contribution is -2.40. The number of nitrogens with one attached hydrogen (secondary N) is 3. The maximum atomic E-state index is 12.8. The third-order valence-corrected chi connectivity index (χ3v) is 4.64. The van der Waals surface area contributed by atoms with Gasteiger partial charge in [-0.15, -0.1) is 0 Å². The largest absolute Gasteiger partial charge is 0.410 e. The molecule has 1 aromatic carbocycles. The highest BCUT2D eigenvalue weighted by molar-refractivity contribution is 5.92. The van der Waals surface area contributed by atoms with E-state index in [2.05, 4.69) is 30.2 Å². The smallest absolute Gasteiger partial charge is 0.343 e. The maximum absolute atomic E-state index is 12.8. The number of amides is 3. The summed E-state index contributed by atoms with van der Waals surface area (Å²) in [5.41, 5.74) is 2.32. The molecule has 0 radical (unpaired) electrons. The summed E-state index contributed by atoms with van der Waals surface area (Å²) in [4.78, 5) is 32.4. The van der Waals surface area contributed by atoms with Gasteiger partial charge in [-0.1, -0.05) is 11.2 Å². The summed E-state index contributed by atoms with van der Waals surface area (Å²) >= 11 is 0. The second kappa shape index (κ2) is 7.31. The number of halogens is 3. The van der Waals surface area contributed by atoms with E-state index in [1.165, 1.54) is 0 Å². The Morgan fingerprint density at radius 3 is 2.83 bits per heavy atom. The van der Waals surface area contributed by atoms with E-state index >= 15 is 0 Å². The van der Waals surface area contributed by atoms with Crippen molar-refractivity contribution in [1.29, 1.82) is 0 Å². The van der Waals surface area contributed by atoms with E-state index in [-0.39, 0.29) is 18.8 Å². The van der Waals surface area contributed by atoms with Crippen LogP contribution in [0.5, 0.6) is 0 Å². The normalized spacial score (nSPS) is 16.9. The number of urea groups is 1. The molecule has 2 aromatic heterocycles. The molecule has 10 nitrogen and oxygen atoms in total. The summed E-state index contributed by atoms with van der Waals surface area (Å²) in [7, 11) is 0. The molecule has 1 unspecified atom stereocenters. The zero-order chi connectivity index (χ0) is 21.5. The van der Waals surface area contributed by atoms with Crippen LogP contribution in [-0.2, 0) is 13.1 Å². The Hall–Kier alpha value is -3.64. The number of rotatable bonds is 5. The molecule has 3 heterocycles. The van der Waals surface area contributed by atoms with Gasteiger partial charge in [-0.05, 0) is 29.8 Å². The average molecular weight is 423 g/mol. The molecule has 4 rings (SSSR count). The number of benzene rings is 1. The quantitative estimate of drug-likeness (QED) is 0.572. The minimum atomic E-state index is -4.49. The van der Waals surface area contributed by atoms with E-state index in [4.69, 9.17) is 0 Å². The highest BCUT2D eigenvalue weighted by Crippen LogP contribution is 2.25. The van der Waals surface area contributed by atoms with Crippen molar-refractivity contribution in [1.82, 2.24) is 35.8 Å². The first-order valence-electron chi connectivity index (χ1n) is 8.88. The van der Waals surface area contributed by atoms with Crippen LogP contribution in [0, 0.1) is 6.92 Å². The second-order valence-electron chi connectivity index (χ2n) is 6.84. The topological polar surface area (TPSA) is 129 Å². The number of carbonyl (C=O) groups is 2. The van der Waals surface area contributed by atoms with Crippen LogP contribution >= 0.6 is 0 Å². The lowest BCUT2D eigenvalue weighted by Gasteiger charge is -2.16. The maximum Gasteiger partial charge on any atom is 0.410 e. The molecule has 0 saturated carbocycles. The van der Waals surface area contributed by atoms with Crippen molar-refractivity contribution in [3.05, 3.63) is 41.0 Å². The summed E-state index contributed by atoms with van der Waals surface area (Å²) in [6, 6.07) is 2.44. The highest BCUT2D eigenvalue weighted by atomic mass is 19.4. The Kier molecular flexibility index (Phi) is 4.79. The van der Waals surface area contributed by atoms with E-state index in [0.29, 0.717) is 28.1 Å². The van der Waals surface area contributed by atoms with Gasteiger partial charge in [0, 0.05) is 6.54 Å². The molecule has 3 N–H and O–H groups in total. The summed E-state index contributed by atoms with van der Waals surface area (Å²) in [5, 5.41) is 11.6. The number of carbonyl (C=O) groups excluding carboxylic acids is 2. The fraction of sp³-hybridized carbons (Fsp3) is 0.353. The molecule has 0 spiro atoms. The predicted molar refractivity (Wildman–Crippen MR) is 95.1 cm³/mol. The molecule has 1 aliphatic rings. The van der Waals surface area contributed by atoms with E-state index in [1.807, 2.05) is 5.32 Å². The zero-order valence-electron chi connectivity index (χ0n) is 15.6. The van der Waals surface area contributed by atoms with Crippen molar-refractivity contribution in [2.24, 2.45) is 0 Å². The second-order valence-corrected chi connectivity index (χ2v) is 6.84. The van der Waals surface area contributed by atoms with Crippen LogP contribution in [0.25, 0.3) is 11.0 Å². The minimum absolute atomic E-state index is 0.0257. The Balaban J connectivity index is 1.42.